The van der Waals surface area contributed by atoms with Crippen LogP contribution in [0.5, 0.6) is 0 Å². The molecule has 0 radical (unpaired) electrons. The van der Waals surface area contributed by atoms with Gasteiger partial charge in [-0.1, -0.05) is 12.1 Å². The van der Waals surface area contributed by atoms with E-state index in [1.54, 1.807) is 11.3 Å². The van der Waals surface area contributed by atoms with Crippen molar-refractivity contribution in [1.82, 2.24) is 30.1 Å². The highest BCUT2D eigenvalue weighted by atomic mass is 32.1. The van der Waals surface area contributed by atoms with Crippen molar-refractivity contribution < 1.29 is 4.79 Å². The SMILES string of the molecule is Cc1nc(CN2CCC(C(=O)Nc3cccc(-c4nnnn4C4CC4)c3)CC2)cs1. The zero-order chi connectivity index (χ0) is 20.5. The highest BCUT2D eigenvalue weighted by Crippen LogP contribution is 2.36. The van der Waals surface area contributed by atoms with Crippen molar-refractivity contribution in [3.8, 4) is 11.4 Å². The molecule has 0 atom stereocenters. The van der Waals surface area contributed by atoms with Gasteiger partial charge in [0.05, 0.1) is 16.7 Å². The van der Waals surface area contributed by atoms with Gasteiger partial charge in [0.25, 0.3) is 0 Å². The van der Waals surface area contributed by atoms with Crippen molar-refractivity contribution in [1.29, 1.82) is 0 Å². The second-order valence-electron chi connectivity index (χ2n) is 8.16. The Kier molecular flexibility index (Phi) is 5.30. The average molecular weight is 424 g/mol. The number of benzene rings is 1. The van der Waals surface area contributed by atoms with Crippen LogP contribution in [0, 0.1) is 12.8 Å². The van der Waals surface area contributed by atoms with Gasteiger partial charge in [-0.25, -0.2) is 9.67 Å². The van der Waals surface area contributed by atoms with Crippen LogP contribution in [0.25, 0.3) is 11.4 Å². The molecule has 30 heavy (non-hydrogen) atoms. The first-order valence-electron chi connectivity index (χ1n) is 10.5. The Morgan fingerprint density at radius 1 is 1.23 bits per heavy atom. The van der Waals surface area contributed by atoms with Gasteiger partial charge >= 0.3 is 0 Å². The van der Waals surface area contributed by atoms with E-state index in [1.807, 2.05) is 35.9 Å². The molecule has 156 valence electrons. The molecule has 1 aromatic carbocycles. The van der Waals surface area contributed by atoms with E-state index < -0.39 is 0 Å². The summed E-state index contributed by atoms with van der Waals surface area (Å²) in [5.41, 5.74) is 2.85. The van der Waals surface area contributed by atoms with Gasteiger partial charge in [-0.2, -0.15) is 0 Å². The first-order valence-corrected chi connectivity index (χ1v) is 11.4. The number of rotatable bonds is 6. The standard InChI is InChI=1S/C21H25N7OS/c1-14-22-18(13-30-14)12-27-9-7-15(8-10-27)21(29)23-17-4-2-3-16(11-17)20-24-25-26-28(20)19-5-6-19/h2-4,11,13,15,19H,5-10,12H2,1H3,(H,23,29). The minimum Gasteiger partial charge on any atom is -0.326 e. The lowest BCUT2D eigenvalue weighted by atomic mass is 9.95. The molecule has 0 spiro atoms. The summed E-state index contributed by atoms with van der Waals surface area (Å²) in [5, 5.41) is 18.5. The first-order chi connectivity index (χ1) is 14.7. The van der Waals surface area contributed by atoms with Gasteiger partial charge in [0.2, 0.25) is 5.91 Å². The van der Waals surface area contributed by atoms with Crippen LogP contribution in [-0.2, 0) is 11.3 Å². The number of nitrogens with zero attached hydrogens (tertiary/aromatic N) is 6. The van der Waals surface area contributed by atoms with Crippen LogP contribution in [0.15, 0.2) is 29.6 Å². The van der Waals surface area contributed by atoms with Crippen LogP contribution in [0.2, 0.25) is 0 Å². The summed E-state index contributed by atoms with van der Waals surface area (Å²) >= 11 is 1.69. The first kappa shape index (κ1) is 19.3. The van der Waals surface area contributed by atoms with Crippen molar-refractivity contribution >= 4 is 22.9 Å². The number of aryl methyl sites for hydroxylation is 1. The molecule has 2 aromatic heterocycles. The zero-order valence-corrected chi connectivity index (χ0v) is 17.8. The number of carbonyl (C=O) groups is 1. The Labute approximate surface area is 179 Å². The zero-order valence-electron chi connectivity index (χ0n) is 17.0. The molecule has 3 heterocycles. The largest absolute Gasteiger partial charge is 0.326 e. The molecule has 0 bridgehead atoms. The number of thiazole rings is 1. The normalized spacial score (nSPS) is 17.9. The van der Waals surface area contributed by atoms with E-state index in [2.05, 4.69) is 36.1 Å². The molecule has 1 aliphatic heterocycles. The third-order valence-electron chi connectivity index (χ3n) is 5.78. The number of aromatic nitrogens is 5. The summed E-state index contributed by atoms with van der Waals surface area (Å²) in [6.07, 6.45) is 3.98. The second kappa shape index (κ2) is 8.23. The summed E-state index contributed by atoms with van der Waals surface area (Å²) in [7, 11) is 0. The maximum absolute atomic E-state index is 12.8. The van der Waals surface area contributed by atoms with Crippen molar-refractivity contribution in [2.45, 2.75) is 45.2 Å². The molecular weight excluding hydrogens is 398 g/mol. The lowest BCUT2D eigenvalue weighted by Crippen LogP contribution is -2.37. The van der Waals surface area contributed by atoms with E-state index >= 15 is 0 Å². The predicted octanol–water partition coefficient (Wildman–Crippen LogP) is 3.29. The summed E-state index contributed by atoms with van der Waals surface area (Å²) in [6.45, 7) is 4.75. The van der Waals surface area contributed by atoms with E-state index in [4.69, 9.17) is 0 Å². The van der Waals surface area contributed by atoms with Crippen molar-refractivity contribution in [3.63, 3.8) is 0 Å². The van der Waals surface area contributed by atoms with Crippen LogP contribution < -0.4 is 5.32 Å². The smallest absolute Gasteiger partial charge is 0.227 e. The van der Waals surface area contributed by atoms with Crippen LogP contribution in [0.1, 0.15) is 42.4 Å². The van der Waals surface area contributed by atoms with Gasteiger partial charge in [0.15, 0.2) is 5.82 Å². The maximum Gasteiger partial charge on any atom is 0.227 e. The Morgan fingerprint density at radius 3 is 2.80 bits per heavy atom. The molecule has 1 saturated heterocycles. The molecule has 2 aliphatic rings. The summed E-state index contributed by atoms with van der Waals surface area (Å²) in [6, 6.07) is 8.22. The number of tetrazole rings is 1. The van der Waals surface area contributed by atoms with Gasteiger partial charge in [0.1, 0.15) is 0 Å². The van der Waals surface area contributed by atoms with E-state index in [0.29, 0.717) is 6.04 Å². The molecule has 5 rings (SSSR count). The minimum absolute atomic E-state index is 0.0406. The van der Waals surface area contributed by atoms with E-state index in [1.165, 1.54) is 0 Å². The Balaban J connectivity index is 1.18. The fourth-order valence-electron chi connectivity index (χ4n) is 3.99. The topological polar surface area (TPSA) is 88.8 Å². The Hall–Kier alpha value is -2.65. The average Bonchev–Trinajstić information content (AvgIpc) is 3.33. The lowest BCUT2D eigenvalue weighted by molar-refractivity contribution is -0.121. The lowest BCUT2D eigenvalue weighted by Gasteiger charge is -2.30. The Morgan fingerprint density at radius 2 is 2.07 bits per heavy atom. The highest BCUT2D eigenvalue weighted by molar-refractivity contribution is 7.09. The number of amides is 1. The van der Waals surface area contributed by atoms with Crippen LogP contribution >= 0.6 is 11.3 Å². The molecule has 1 amide bonds. The number of hydrogen-bond donors (Lipinski definition) is 1. The van der Waals surface area contributed by atoms with E-state index in [0.717, 1.165) is 73.1 Å². The van der Waals surface area contributed by atoms with Crippen LogP contribution in [-0.4, -0.2) is 49.1 Å². The van der Waals surface area contributed by atoms with Gasteiger partial charge < -0.3 is 5.32 Å². The highest BCUT2D eigenvalue weighted by Gasteiger charge is 2.29. The maximum atomic E-state index is 12.8. The third kappa shape index (κ3) is 4.27. The predicted molar refractivity (Wildman–Crippen MR) is 115 cm³/mol. The number of carbonyl (C=O) groups excluding carboxylic acids is 1. The number of likely N-dealkylation sites (tertiary alicyclic amines) is 1. The molecule has 8 nitrogen and oxygen atoms in total. The van der Waals surface area contributed by atoms with Crippen LogP contribution in [0.3, 0.4) is 0 Å². The van der Waals surface area contributed by atoms with Gasteiger partial charge in [-0.3, -0.25) is 9.69 Å². The van der Waals surface area contributed by atoms with Crippen molar-refractivity contribution in [2.75, 3.05) is 18.4 Å². The number of anilines is 1. The Bertz CT molecular complexity index is 1030. The number of hydrogen-bond acceptors (Lipinski definition) is 7. The second-order valence-corrected chi connectivity index (χ2v) is 9.22. The monoisotopic (exact) mass is 423 g/mol. The number of nitrogens with one attached hydrogen (secondary N) is 1. The molecule has 0 unspecified atom stereocenters. The molecule has 3 aromatic rings. The third-order valence-corrected chi connectivity index (χ3v) is 6.61. The molecule has 1 aliphatic carbocycles. The molecule has 1 saturated carbocycles. The quantitative estimate of drug-likeness (QED) is 0.654. The molecule has 1 N–H and O–H groups in total. The van der Waals surface area contributed by atoms with E-state index in [-0.39, 0.29) is 11.8 Å². The molecule has 9 heteroatoms. The number of piperidine rings is 1. The van der Waals surface area contributed by atoms with Gasteiger partial charge in [0, 0.05) is 29.1 Å². The fraction of sp³-hybridized carbons (Fsp3) is 0.476. The van der Waals surface area contributed by atoms with Crippen molar-refractivity contribution in [2.24, 2.45) is 5.92 Å². The molecule has 2 fully saturated rings. The minimum atomic E-state index is 0.0406. The summed E-state index contributed by atoms with van der Waals surface area (Å²) < 4.78 is 1.89. The van der Waals surface area contributed by atoms with E-state index in [9.17, 15) is 4.79 Å². The van der Waals surface area contributed by atoms with Crippen LogP contribution in [0.4, 0.5) is 5.69 Å². The van der Waals surface area contributed by atoms with Crippen molar-refractivity contribution in [3.05, 3.63) is 40.3 Å². The molecular formula is C21H25N7OS. The van der Waals surface area contributed by atoms with Gasteiger partial charge in [-0.05, 0) is 68.3 Å². The van der Waals surface area contributed by atoms with Gasteiger partial charge in [-0.15, -0.1) is 16.4 Å². The summed E-state index contributed by atoms with van der Waals surface area (Å²) in [4.78, 5) is 19.8. The fourth-order valence-corrected chi connectivity index (χ4v) is 4.60. The summed E-state index contributed by atoms with van der Waals surface area (Å²) in [5.74, 6) is 0.899.